The molecule has 2 N–H and O–H groups in total. The van der Waals surface area contributed by atoms with Crippen molar-refractivity contribution in [2.45, 2.75) is 44.3 Å². The second-order valence-electron chi connectivity index (χ2n) is 7.49. The van der Waals surface area contributed by atoms with Gasteiger partial charge < -0.3 is 10.2 Å². The molecule has 0 bridgehead atoms. The Balaban J connectivity index is 1.56. The Morgan fingerprint density at radius 2 is 1.96 bits per heavy atom. The number of rotatable bonds is 4. The fourth-order valence-corrected chi connectivity index (χ4v) is 3.49. The molecule has 146 valence electrons. The van der Waals surface area contributed by atoms with Crippen LogP contribution in [0.5, 0.6) is 0 Å². The predicted molar refractivity (Wildman–Crippen MR) is 99.5 cm³/mol. The van der Waals surface area contributed by atoms with Gasteiger partial charge in [-0.2, -0.15) is 19.6 Å². The van der Waals surface area contributed by atoms with Gasteiger partial charge in [-0.05, 0) is 31.8 Å². The Bertz CT molecular complexity index is 989. The highest BCUT2D eigenvalue weighted by Gasteiger charge is 2.27. The fraction of sp³-hybridized carbons (Fsp3) is 0.500. The van der Waals surface area contributed by atoms with E-state index in [2.05, 4.69) is 25.7 Å². The molecule has 9 nitrogen and oxygen atoms in total. The van der Waals surface area contributed by atoms with Crippen molar-refractivity contribution in [2.24, 2.45) is 0 Å². The number of amides is 2. The van der Waals surface area contributed by atoms with Gasteiger partial charge >= 0.3 is 0 Å². The number of halogens is 1. The number of fused-ring (bicyclic) bond motifs is 1. The van der Waals surface area contributed by atoms with E-state index in [1.54, 1.807) is 16.8 Å². The molecule has 28 heavy (non-hydrogen) atoms. The summed E-state index contributed by atoms with van der Waals surface area (Å²) in [6.45, 7) is 1.11. The first-order valence-electron chi connectivity index (χ1n) is 9.53. The third-order valence-corrected chi connectivity index (χ3v) is 5.23. The lowest BCUT2D eigenvalue weighted by Crippen LogP contribution is -2.36. The topological polar surface area (TPSA) is 105 Å². The van der Waals surface area contributed by atoms with Gasteiger partial charge in [-0.25, -0.2) is 4.39 Å². The van der Waals surface area contributed by atoms with Crippen molar-refractivity contribution >= 4 is 35.4 Å². The molecule has 10 heteroatoms. The first-order valence-corrected chi connectivity index (χ1v) is 9.53. The van der Waals surface area contributed by atoms with Crippen LogP contribution >= 0.6 is 0 Å². The van der Waals surface area contributed by atoms with Crippen LogP contribution in [0.3, 0.4) is 0 Å². The molecule has 3 fully saturated rings. The zero-order valence-corrected chi connectivity index (χ0v) is 15.2. The van der Waals surface area contributed by atoms with Crippen LogP contribution in [0.25, 0.3) is 11.7 Å². The van der Waals surface area contributed by atoms with E-state index in [1.807, 2.05) is 4.90 Å². The molecule has 0 unspecified atom stereocenters. The smallest absolute Gasteiger partial charge is 0.254 e. The summed E-state index contributed by atoms with van der Waals surface area (Å²) >= 11 is 0. The number of alkyl halides is 1. The molecule has 2 aliphatic heterocycles. The number of aromatic nitrogens is 4. The molecule has 5 rings (SSSR count). The molecular formula is C18H20FN7O2. The Hall–Kier alpha value is -3.04. The highest BCUT2D eigenvalue weighted by Crippen LogP contribution is 2.27. The maximum Gasteiger partial charge on any atom is 0.254 e. The van der Waals surface area contributed by atoms with E-state index in [9.17, 15) is 14.0 Å². The van der Waals surface area contributed by atoms with E-state index < -0.39 is 6.17 Å². The van der Waals surface area contributed by atoms with E-state index in [1.165, 1.54) is 0 Å². The van der Waals surface area contributed by atoms with Crippen LogP contribution in [-0.2, 0) is 9.59 Å². The van der Waals surface area contributed by atoms with Crippen LogP contribution < -0.4 is 15.5 Å². The molecule has 1 saturated carbocycles. The Morgan fingerprint density at radius 3 is 2.64 bits per heavy atom. The van der Waals surface area contributed by atoms with Crippen molar-refractivity contribution in [3.05, 3.63) is 17.3 Å². The largest absolute Gasteiger partial charge is 0.351 e. The first kappa shape index (κ1) is 17.1. The van der Waals surface area contributed by atoms with Gasteiger partial charge in [0, 0.05) is 30.3 Å². The fourth-order valence-electron chi connectivity index (χ4n) is 3.49. The van der Waals surface area contributed by atoms with Gasteiger partial charge in [-0.1, -0.05) is 0 Å². The Kier molecular flexibility index (Phi) is 3.99. The summed E-state index contributed by atoms with van der Waals surface area (Å²) in [6.07, 6.45) is 5.60. The number of carbonyl (C=O) groups excluding carboxylic acids is 2. The van der Waals surface area contributed by atoms with E-state index in [-0.39, 0.29) is 18.2 Å². The highest BCUT2D eigenvalue weighted by atomic mass is 19.1. The molecule has 2 aromatic heterocycles. The number of carbonyl (C=O) groups is 2. The van der Waals surface area contributed by atoms with Crippen molar-refractivity contribution < 1.29 is 14.0 Å². The second kappa shape index (κ2) is 6.54. The van der Waals surface area contributed by atoms with Crippen molar-refractivity contribution in [2.75, 3.05) is 23.3 Å². The first-order chi connectivity index (χ1) is 13.6. The second-order valence-corrected chi connectivity index (χ2v) is 7.49. The number of nitrogens with one attached hydrogen (secondary N) is 2. The van der Waals surface area contributed by atoms with E-state index in [0.717, 1.165) is 12.8 Å². The van der Waals surface area contributed by atoms with Gasteiger partial charge in [0.15, 0.2) is 5.65 Å². The maximum absolute atomic E-state index is 13.5. The summed E-state index contributed by atoms with van der Waals surface area (Å²) < 4.78 is 15.1. The minimum absolute atomic E-state index is 0.0469. The average Bonchev–Trinajstić information content (AvgIpc) is 3.31. The Morgan fingerprint density at radius 1 is 1.18 bits per heavy atom. The number of anilines is 2. The molecule has 2 amide bonds. The molecule has 0 aromatic carbocycles. The third kappa shape index (κ3) is 3.19. The molecular weight excluding hydrogens is 365 g/mol. The number of hydrogen-bond acceptors (Lipinski definition) is 7. The summed E-state index contributed by atoms with van der Waals surface area (Å²) in [5.41, 5.74) is 1.58. The molecule has 2 saturated heterocycles. The quantitative estimate of drug-likeness (QED) is 0.599. The van der Waals surface area contributed by atoms with Crippen LogP contribution in [-0.4, -0.2) is 56.7 Å². The highest BCUT2D eigenvalue weighted by molar-refractivity contribution is 6.15. The molecule has 4 heterocycles. The van der Waals surface area contributed by atoms with Crippen molar-refractivity contribution in [1.29, 1.82) is 0 Å². The van der Waals surface area contributed by atoms with Crippen molar-refractivity contribution in [3.63, 3.8) is 0 Å². The van der Waals surface area contributed by atoms with Crippen LogP contribution in [0.1, 0.15) is 37.7 Å². The van der Waals surface area contributed by atoms with Gasteiger partial charge in [0.05, 0.1) is 12.6 Å². The number of nitrogens with zero attached hydrogens (tertiary/aromatic N) is 5. The average molecular weight is 385 g/mol. The molecule has 0 spiro atoms. The number of hydrogen-bond donors (Lipinski definition) is 2. The van der Waals surface area contributed by atoms with Crippen LogP contribution in [0.15, 0.2) is 11.8 Å². The summed E-state index contributed by atoms with van der Waals surface area (Å²) in [6, 6.07) is 0.367. The summed E-state index contributed by atoms with van der Waals surface area (Å²) in [7, 11) is 0. The third-order valence-electron chi connectivity index (χ3n) is 5.23. The van der Waals surface area contributed by atoms with E-state index >= 15 is 0 Å². The van der Waals surface area contributed by atoms with Crippen molar-refractivity contribution in [1.82, 2.24) is 24.9 Å². The summed E-state index contributed by atoms with van der Waals surface area (Å²) in [5.74, 6) is 0.407. The molecule has 0 atom stereocenters. The maximum atomic E-state index is 13.5. The van der Waals surface area contributed by atoms with Crippen LogP contribution in [0.2, 0.25) is 0 Å². The molecule has 3 aliphatic rings. The zero-order valence-electron chi connectivity index (χ0n) is 15.2. The Labute approximate surface area is 160 Å². The summed E-state index contributed by atoms with van der Waals surface area (Å²) in [4.78, 5) is 34.6. The summed E-state index contributed by atoms with van der Waals surface area (Å²) in [5, 5.41) is 10.0. The van der Waals surface area contributed by atoms with E-state index in [4.69, 9.17) is 0 Å². The van der Waals surface area contributed by atoms with Crippen LogP contribution in [0.4, 0.5) is 16.3 Å². The molecule has 0 radical (unpaired) electrons. The van der Waals surface area contributed by atoms with E-state index in [0.29, 0.717) is 60.7 Å². The molecule has 2 aromatic rings. The van der Waals surface area contributed by atoms with Gasteiger partial charge in [-0.15, -0.1) is 0 Å². The van der Waals surface area contributed by atoms with Crippen molar-refractivity contribution in [3.8, 4) is 0 Å². The van der Waals surface area contributed by atoms with Gasteiger partial charge in [0.2, 0.25) is 17.8 Å². The number of piperidine rings is 1. The van der Waals surface area contributed by atoms with Gasteiger partial charge in [0.25, 0.3) is 5.91 Å². The standard InChI is InChI=1S/C18H20FN7O2/c19-12-3-5-25(6-4-12)17-23-15-11(7-10-8-14(27)22-16(10)28)9-20-26(15)18(24-17)21-13-1-2-13/h7,9,12-13H,1-6,8H2,(H,21,23,24)(H,22,27,28)/b10-7+. The number of imide groups is 1. The molecule has 1 aliphatic carbocycles. The SMILES string of the molecule is O=C1C/C(=C\c2cnn3c(NC4CC4)nc(N4CCC(F)CC4)nc23)C(=O)N1. The zero-order chi connectivity index (χ0) is 19.3. The van der Waals surface area contributed by atoms with Crippen LogP contribution in [0, 0.1) is 0 Å². The lowest BCUT2D eigenvalue weighted by atomic mass is 10.1. The minimum atomic E-state index is -0.780. The lowest BCUT2D eigenvalue weighted by Gasteiger charge is -2.28. The van der Waals surface area contributed by atoms with Gasteiger partial charge in [-0.3, -0.25) is 14.9 Å². The lowest BCUT2D eigenvalue weighted by molar-refractivity contribution is -0.124. The minimum Gasteiger partial charge on any atom is -0.351 e. The predicted octanol–water partition coefficient (Wildman–Crippen LogP) is 1.07. The monoisotopic (exact) mass is 385 g/mol. The normalized spacial score (nSPS) is 22.3. The van der Waals surface area contributed by atoms with Gasteiger partial charge in [0.1, 0.15) is 6.17 Å².